The molecule has 0 spiro atoms. The molecule has 0 fully saturated rings. The fourth-order valence-corrected chi connectivity index (χ4v) is 4.58. The molecule has 0 aromatic heterocycles. The molecule has 0 aliphatic rings. The first-order valence-electron chi connectivity index (χ1n) is 15.3. The van der Waals surface area contributed by atoms with Crippen LogP contribution in [-0.4, -0.2) is 131 Å². The minimum Gasteiger partial charge on any atom is -0.508 e. The number of quaternary nitrogens is 1. The second-order valence-electron chi connectivity index (χ2n) is 12.7. The predicted molar refractivity (Wildman–Crippen MR) is 175 cm³/mol. The molecule has 2 aromatic rings. The molecule has 2 aromatic carbocycles. The van der Waals surface area contributed by atoms with Crippen LogP contribution >= 0.6 is 0 Å². The number of rotatable bonds is 19. The lowest BCUT2D eigenvalue weighted by Crippen LogP contribution is -2.45. The first-order chi connectivity index (χ1) is 21.2. The SMILES string of the molecule is COc1cc(CC(C(=O)NCCN(C)C)C(=O)NCCN(C)Cc2cc(CCC(=O)NCC[N+](C)(C)C)ccc2O)ccc1O. The Morgan fingerprint density at radius 1 is 0.844 bits per heavy atom. The van der Waals surface area contributed by atoms with Crippen LogP contribution in [0, 0.1) is 5.92 Å². The number of benzene rings is 2. The van der Waals surface area contributed by atoms with Crippen molar-refractivity contribution in [3.05, 3.63) is 53.1 Å². The van der Waals surface area contributed by atoms with Gasteiger partial charge in [-0.2, -0.15) is 0 Å². The third kappa shape index (κ3) is 14.2. The van der Waals surface area contributed by atoms with Crippen molar-refractivity contribution in [2.24, 2.45) is 5.92 Å². The van der Waals surface area contributed by atoms with E-state index in [2.05, 4.69) is 37.1 Å². The monoisotopic (exact) mass is 629 g/mol. The molecule has 0 saturated carbocycles. The van der Waals surface area contributed by atoms with E-state index in [9.17, 15) is 24.6 Å². The maximum absolute atomic E-state index is 13.2. The van der Waals surface area contributed by atoms with E-state index >= 15 is 0 Å². The highest BCUT2D eigenvalue weighted by Gasteiger charge is 2.27. The molecule has 2 rings (SSSR count). The fraction of sp³-hybridized carbons (Fsp3) is 0.545. The van der Waals surface area contributed by atoms with Crippen LogP contribution in [0.3, 0.4) is 0 Å². The predicted octanol–water partition coefficient (Wildman–Crippen LogP) is 0.946. The molecule has 0 aliphatic heterocycles. The zero-order chi connectivity index (χ0) is 33.6. The van der Waals surface area contributed by atoms with Crippen LogP contribution in [0.1, 0.15) is 23.1 Å². The Morgan fingerprint density at radius 2 is 1.47 bits per heavy atom. The van der Waals surface area contributed by atoms with Gasteiger partial charge in [-0.15, -0.1) is 0 Å². The van der Waals surface area contributed by atoms with Gasteiger partial charge in [-0.05, 0) is 63.3 Å². The minimum absolute atomic E-state index is 0.000156. The van der Waals surface area contributed by atoms with Gasteiger partial charge < -0.3 is 45.2 Å². The van der Waals surface area contributed by atoms with Crippen LogP contribution in [0.2, 0.25) is 0 Å². The normalized spacial score (nSPS) is 12.2. The highest BCUT2D eigenvalue weighted by Crippen LogP contribution is 2.27. The van der Waals surface area contributed by atoms with Gasteiger partial charge in [0.1, 0.15) is 11.7 Å². The third-order valence-electron chi connectivity index (χ3n) is 7.30. The lowest BCUT2D eigenvalue weighted by molar-refractivity contribution is -0.869. The summed E-state index contributed by atoms with van der Waals surface area (Å²) in [4.78, 5) is 42.5. The number of aryl methyl sites for hydroxylation is 1. The Morgan fingerprint density at radius 3 is 2.09 bits per heavy atom. The van der Waals surface area contributed by atoms with E-state index in [0.29, 0.717) is 57.7 Å². The van der Waals surface area contributed by atoms with Crippen LogP contribution in [0.5, 0.6) is 17.2 Å². The number of hydrogen-bond acceptors (Lipinski definition) is 8. The van der Waals surface area contributed by atoms with Gasteiger partial charge in [0.25, 0.3) is 0 Å². The number of nitrogens with one attached hydrogen (secondary N) is 3. The van der Waals surface area contributed by atoms with Crippen molar-refractivity contribution >= 4 is 17.7 Å². The molecular weight excluding hydrogens is 576 g/mol. The summed E-state index contributed by atoms with van der Waals surface area (Å²) in [7, 11) is 13.4. The molecular formula is C33H53N6O6+. The highest BCUT2D eigenvalue weighted by molar-refractivity contribution is 6.00. The van der Waals surface area contributed by atoms with Crippen molar-refractivity contribution in [2.45, 2.75) is 25.8 Å². The van der Waals surface area contributed by atoms with Crippen molar-refractivity contribution in [2.75, 3.05) is 88.7 Å². The van der Waals surface area contributed by atoms with Crippen molar-refractivity contribution < 1.29 is 33.8 Å². The lowest BCUT2D eigenvalue weighted by Gasteiger charge is -2.23. The van der Waals surface area contributed by atoms with Crippen LogP contribution in [0.15, 0.2) is 36.4 Å². The van der Waals surface area contributed by atoms with Gasteiger partial charge >= 0.3 is 0 Å². The molecule has 12 heteroatoms. The van der Waals surface area contributed by atoms with E-state index in [4.69, 9.17) is 4.74 Å². The maximum atomic E-state index is 13.2. The second-order valence-corrected chi connectivity index (χ2v) is 12.7. The van der Waals surface area contributed by atoms with E-state index in [1.807, 2.05) is 43.1 Å². The summed E-state index contributed by atoms with van der Waals surface area (Å²) in [6.45, 7) is 3.72. The number of carbonyl (C=O) groups excluding carboxylic acids is 3. The van der Waals surface area contributed by atoms with Crippen molar-refractivity contribution in [1.82, 2.24) is 25.8 Å². The fourth-order valence-electron chi connectivity index (χ4n) is 4.58. The van der Waals surface area contributed by atoms with Gasteiger partial charge in [-0.3, -0.25) is 14.4 Å². The number of nitrogens with zero attached hydrogens (tertiary/aromatic N) is 3. The maximum Gasteiger partial charge on any atom is 0.232 e. The summed E-state index contributed by atoms with van der Waals surface area (Å²) in [6.07, 6.45) is 1.07. The Labute approximate surface area is 267 Å². The molecule has 250 valence electrons. The number of ether oxygens (including phenoxy) is 1. The van der Waals surface area contributed by atoms with Gasteiger partial charge in [0.15, 0.2) is 11.5 Å². The first kappa shape index (κ1) is 37.3. The molecule has 5 N–H and O–H groups in total. The van der Waals surface area contributed by atoms with Crippen LogP contribution < -0.4 is 20.7 Å². The number of aromatic hydroxyl groups is 2. The van der Waals surface area contributed by atoms with Gasteiger partial charge in [-0.1, -0.05) is 18.2 Å². The minimum atomic E-state index is -0.975. The van der Waals surface area contributed by atoms with Crippen LogP contribution in [-0.2, 0) is 33.8 Å². The smallest absolute Gasteiger partial charge is 0.232 e. The quantitative estimate of drug-likeness (QED) is 0.114. The van der Waals surface area contributed by atoms with Crippen LogP contribution in [0.25, 0.3) is 0 Å². The van der Waals surface area contributed by atoms with Gasteiger partial charge in [-0.25, -0.2) is 0 Å². The van der Waals surface area contributed by atoms with E-state index in [1.165, 1.54) is 13.2 Å². The molecule has 1 unspecified atom stereocenters. The molecule has 3 amide bonds. The Hall–Kier alpha value is -3.87. The summed E-state index contributed by atoms with van der Waals surface area (Å²) in [5.41, 5.74) is 2.37. The van der Waals surface area contributed by atoms with Crippen molar-refractivity contribution in [3.8, 4) is 17.2 Å². The zero-order valence-electron chi connectivity index (χ0n) is 28.0. The number of carbonyl (C=O) groups is 3. The highest BCUT2D eigenvalue weighted by atomic mass is 16.5. The summed E-state index contributed by atoms with van der Waals surface area (Å²) in [5.74, 6) is -1.33. The number of phenols is 2. The molecule has 0 radical (unpaired) electrons. The van der Waals surface area contributed by atoms with Gasteiger partial charge in [0, 0.05) is 44.7 Å². The Balaban J connectivity index is 1.94. The summed E-state index contributed by atoms with van der Waals surface area (Å²) in [6, 6.07) is 10.1. The van der Waals surface area contributed by atoms with Crippen LogP contribution in [0.4, 0.5) is 0 Å². The average Bonchev–Trinajstić information content (AvgIpc) is 2.96. The number of phenolic OH excluding ortho intramolecular Hbond substituents is 2. The molecule has 0 aliphatic carbocycles. The Bertz CT molecular complexity index is 1260. The van der Waals surface area contributed by atoms with E-state index < -0.39 is 11.8 Å². The molecule has 1 atom stereocenters. The molecule has 45 heavy (non-hydrogen) atoms. The van der Waals surface area contributed by atoms with Crippen molar-refractivity contribution in [3.63, 3.8) is 0 Å². The molecule has 12 nitrogen and oxygen atoms in total. The summed E-state index contributed by atoms with van der Waals surface area (Å²) in [5, 5.41) is 29.1. The van der Waals surface area contributed by atoms with E-state index in [-0.39, 0.29) is 35.5 Å². The van der Waals surface area contributed by atoms with Crippen molar-refractivity contribution in [1.29, 1.82) is 0 Å². The standard InChI is InChI=1S/C33H52N6O6/c1-37(2)17-14-35-32(43)27(21-25-9-12-29(41)30(22-25)45-7)33(44)36-15-18-38(3)23-26-20-24(8-11-28(26)40)10-13-31(42)34-16-19-39(4,5)6/h8-9,11-12,20,22,27H,10,13-19,21,23H2,1-7H3,(H4-,34,35,36,40,41,42,43,44)/p+1. The second kappa shape index (κ2) is 18.2. The zero-order valence-corrected chi connectivity index (χ0v) is 28.0. The largest absolute Gasteiger partial charge is 0.508 e. The van der Waals surface area contributed by atoms with Gasteiger partial charge in [0.2, 0.25) is 17.7 Å². The molecule has 0 saturated heterocycles. The number of methoxy groups -OCH3 is 1. The van der Waals surface area contributed by atoms with E-state index in [1.54, 1.807) is 18.2 Å². The number of likely N-dealkylation sites (N-methyl/N-ethyl adjacent to an activating group) is 3. The molecule has 0 bridgehead atoms. The number of hydrogen-bond donors (Lipinski definition) is 5. The first-order valence-corrected chi connectivity index (χ1v) is 15.3. The van der Waals surface area contributed by atoms with E-state index in [0.717, 1.165) is 22.2 Å². The number of amides is 3. The summed E-state index contributed by atoms with van der Waals surface area (Å²) < 4.78 is 5.96. The Kier molecular flexibility index (Phi) is 15.1. The lowest BCUT2D eigenvalue weighted by atomic mass is 9.97. The van der Waals surface area contributed by atoms with Gasteiger partial charge in [0.05, 0.1) is 41.3 Å². The molecule has 0 heterocycles. The summed E-state index contributed by atoms with van der Waals surface area (Å²) >= 11 is 0. The topological polar surface area (TPSA) is 143 Å². The third-order valence-corrected chi connectivity index (χ3v) is 7.30. The average molecular weight is 630 g/mol.